The van der Waals surface area contributed by atoms with Gasteiger partial charge in [0.15, 0.2) is 0 Å². The lowest BCUT2D eigenvalue weighted by Gasteiger charge is -2.31. The molecule has 0 saturated carbocycles. The van der Waals surface area contributed by atoms with Crippen LogP contribution in [0.3, 0.4) is 0 Å². The molecule has 2 aliphatic heterocycles. The van der Waals surface area contributed by atoms with Crippen LogP contribution < -0.4 is 5.32 Å². The molecule has 0 radical (unpaired) electrons. The summed E-state index contributed by atoms with van der Waals surface area (Å²) >= 11 is 0. The maximum Gasteiger partial charge on any atom is 0.227 e. The van der Waals surface area contributed by atoms with Crippen molar-refractivity contribution in [2.75, 3.05) is 13.1 Å². The van der Waals surface area contributed by atoms with E-state index in [4.69, 9.17) is 4.98 Å². The van der Waals surface area contributed by atoms with Crippen LogP contribution in [0.1, 0.15) is 55.0 Å². The van der Waals surface area contributed by atoms with E-state index >= 15 is 0 Å². The molecule has 0 aromatic carbocycles. The predicted molar refractivity (Wildman–Crippen MR) is 102 cm³/mol. The number of hydrogen-bond donors (Lipinski definition) is 1. The number of nitrogens with zero attached hydrogens (tertiary/aromatic N) is 5. The Kier molecular flexibility index (Phi) is 5.20. The van der Waals surface area contributed by atoms with Crippen molar-refractivity contribution in [3.05, 3.63) is 41.2 Å². The number of fused-ring (bicyclic) bond motifs is 1. The molecule has 27 heavy (non-hydrogen) atoms. The van der Waals surface area contributed by atoms with Crippen LogP contribution in [0.5, 0.6) is 0 Å². The number of aromatic nitrogens is 4. The third kappa shape index (κ3) is 4.03. The van der Waals surface area contributed by atoms with Gasteiger partial charge in [-0.3, -0.25) is 9.48 Å². The Hall–Kier alpha value is -2.28. The Morgan fingerprint density at radius 1 is 1.41 bits per heavy atom. The van der Waals surface area contributed by atoms with E-state index in [1.54, 1.807) is 0 Å². The zero-order valence-corrected chi connectivity index (χ0v) is 16.2. The molecule has 0 unspecified atom stereocenters. The van der Waals surface area contributed by atoms with Gasteiger partial charge in [-0.1, -0.05) is 13.3 Å². The van der Waals surface area contributed by atoms with Gasteiger partial charge in [0.05, 0.1) is 29.9 Å². The lowest BCUT2D eigenvalue weighted by molar-refractivity contribution is -0.136. The Morgan fingerprint density at radius 2 is 2.30 bits per heavy atom. The van der Waals surface area contributed by atoms with Gasteiger partial charge in [0.25, 0.3) is 0 Å². The number of rotatable bonds is 4. The Morgan fingerprint density at radius 3 is 3.04 bits per heavy atom. The van der Waals surface area contributed by atoms with E-state index in [-0.39, 0.29) is 17.9 Å². The number of aryl methyl sites for hydroxylation is 1. The van der Waals surface area contributed by atoms with Crippen molar-refractivity contribution in [1.29, 1.82) is 0 Å². The zero-order chi connectivity index (χ0) is 18.8. The SMILES string of the molecule is Cc1ccn(C[C@H](C)C(=O)N2CCc3nc([C@@H]4CCCCN4)ncc3C2)n1. The summed E-state index contributed by atoms with van der Waals surface area (Å²) in [6.45, 7) is 6.92. The van der Waals surface area contributed by atoms with Crippen LogP contribution in [-0.2, 0) is 24.3 Å². The average Bonchev–Trinajstić information content (AvgIpc) is 3.11. The highest BCUT2D eigenvalue weighted by Crippen LogP contribution is 2.24. The monoisotopic (exact) mass is 368 g/mol. The molecule has 144 valence electrons. The molecule has 2 aromatic heterocycles. The highest BCUT2D eigenvalue weighted by Gasteiger charge is 2.27. The second kappa shape index (κ2) is 7.76. The van der Waals surface area contributed by atoms with Gasteiger partial charge in [-0.15, -0.1) is 0 Å². The Bertz CT molecular complexity index is 811. The van der Waals surface area contributed by atoms with E-state index in [0.29, 0.717) is 13.1 Å². The van der Waals surface area contributed by atoms with Crippen LogP contribution >= 0.6 is 0 Å². The van der Waals surface area contributed by atoms with Gasteiger partial charge in [0.1, 0.15) is 5.82 Å². The predicted octanol–water partition coefficient (Wildman–Crippen LogP) is 2.02. The molecule has 2 aromatic rings. The molecule has 2 aliphatic rings. The van der Waals surface area contributed by atoms with Crippen molar-refractivity contribution in [2.24, 2.45) is 5.92 Å². The Balaban J connectivity index is 1.40. The molecule has 0 aliphatic carbocycles. The first-order valence-electron chi connectivity index (χ1n) is 9.97. The number of nitrogens with one attached hydrogen (secondary N) is 1. The summed E-state index contributed by atoms with van der Waals surface area (Å²) in [5, 5.41) is 7.90. The third-order valence-electron chi connectivity index (χ3n) is 5.54. The summed E-state index contributed by atoms with van der Waals surface area (Å²) in [5.74, 6) is 0.986. The fraction of sp³-hybridized carbons (Fsp3) is 0.600. The molecule has 4 rings (SSSR count). The maximum absolute atomic E-state index is 12.9. The van der Waals surface area contributed by atoms with Crippen LogP contribution in [-0.4, -0.2) is 43.6 Å². The third-order valence-corrected chi connectivity index (χ3v) is 5.54. The second-order valence-corrected chi connectivity index (χ2v) is 7.79. The van der Waals surface area contributed by atoms with E-state index in [1.165, 1.54) is 12.8 Å². The van der Waals surface area contributed by atoms with Gasteiger partial charge in [-0.25, -0.2) is 9.97 Å². The normalized spacial score (nSPS) is 21.0. The number of carbonyl (C=O) groups excluding carboxylic acids is 1. The first-order chi connectivity index (χ1) is 13.1. The summed E-state index contributed by atoms with van der Waals surface area (Å²) in [5.41, 5.74) is 3.16. The summed E-state index contributed by atoms with van der Waals surface area (Å²) in [4.78, 5) is 24.2. The molecule has 1 N–H and O–H groups in total. The van der Waals surface area contributed by atoms with Crippen molar-refractivity contribution in [1.82, 2.24) is 30.0 Å². The molecule has 2 atom stereocenters. The fourth-order valence-electron chi connectivity index (χ4n) is 4.00. The molecule has 1 fully saturated rings. The lowest BCUT2D eigenvalue weighted by atomic mass is 10.0. The highest BCUT2D eigenvalue weighted by molar-refractivity contribution is 5.78. The van der Waals surface area contributed by atoms with E-state index in [0.717, 1.165) is 48.7 Å². The molecule has 7 heteroatoms. The van der Waals surface area contributed by atoms with Crippen molar-refractivity contribution in [3.63, 3.8) is 0 Å². The highest BCUT2D eigenvalue weighted by atomic mass is 16.2. The van der Waals surface area contributed by atoms with Gasteiger partial charge in [0, 0.05) is 37.5 Å². The van der Waals surface area contributed by atoms with Crippen molar-refractivity contribution < 1.29 is 4.79 Å². The van der Waals surface area contributed by atoms with Gasteiger partial charge < -0.3 is 10.2 Å². The van der Waals surface area contributed by atoms with Crippen molar-refractivity contribution in [3.8, 4) is 0 Å². The van der Waals surface area contributed by atoms with Gasteiger partial charge in [-0.2, -0.15) is 5.10 Å². The first kappa shape index (κ1) is 18.1. The average molecular weight is 368 g/mol. The molecular formula is C20H28N6O. The van der Waals surface area contributed by atoms with Crippen LogP contribution in [0.15, 0.2) is 18.5 Å². The van der Waals surface area contributed by atoms with E-state index in [2.05, 4.69) is 15.4 Å². The first-order valence-corrected chi connectivity index (χ1v) is 9.97. The summed E-state index contributed by atoms with van der Waals surface area (Å²) in [7, 11) is 0. The molecular weight excluding hydrogens is 340 g/mol. The van der Waals surface area contributed by atoms with Crippen LogP contribution in [0.25, 0.3) is 0 Å². The largest absolute Gasteiger partial charge is 0.338 e. The summed E-state index contributed by atoms with van der Waals surface area (Å²) < 4.78 is 1.85. The van der Waals surface area contributed by atoms with Gasteiger partial charge in [-0.05, 0) is 32.4 Å². The fourth-order valence-corrected chi connectivity index (χ4v) is 4.00. The molecule has 0 spiro atoms. The zero-order valence-electron chi connectivity index (χ0n) is 16.2. The summed E-state index contributed by atoms with van der Waals surface area (Å²) in [6.07, 6.45) is 8.22. The quantitative estimate of drug-likeness (QED) is 0.893. The molecule has 4 heterocycles. The minimum atomic E-state index is -0.0996. The number of carbonyl (C=O) groups is 1. The molecule has 0 bridgehead atoms. The van der Waals surface area contributed by atoms with Crippen molar-refractivity contribution in [2.45, 2.75) is 58.7 Å². The van der Waals surface area contributed by atoms with E-state index < -0.39 is 0 Å². The topological polar surface area (TPSA) is 75.9 Å². The smallest absolute Gasteiger partial charge is 0.227 e. The van der Waals surface area contributed by atoms with Gasteiger partial charge in [0.2, 0.25) is 5.91 Å². The standard InChI is InChI=1S/C20H28N6O/c1-14(12-26-10-6-15(2)24-26)20(27)25-9-7-17-16(13-25)11-22-19(23-17)18-5-3-4-8-21-18/h6,10-11,14,18,21H,3-5,7-9,12-13H2,1-2H3/t14-,18-/m0/s1. The van der Waals surface area contributed by atoms with E-state index in [1.807, 2.05) is 41.9 Å². The number of piperidine rings is 1. The summed E-state index contributed by atoms with van der Waals surface area (Å²) in [6, 6.07) is 2.24. The molecule has 1 saturated heterocycles. The number of hydrogen-bond acceptors (Lipinski definition) is 5. The van der Waals surface area contributed by atoms with Crippen LogP contribution in [0.4, 0.5) is 0 Å². The second-order valence-electron chi connectivity index (χ2n) is 7.79. The minimum absolute atomic E-state index is 0.0996. The minimum Gasteiger partial charge on any atom is -0.338 e. The van der Waals surface area contributed by atoms with Gasteiger partial charge >= 0.3 is 0 Å². The van der Waals surface area contributed by atoms with Crippen LogP contribution in [0.2, 0.25) is 0 Å². The number of amides is 1. The van der Waals surface area contributed by atoms with E-state index in [9.17, 15) is 4.79 Å². The lowest BCUT2D eigenvalue weighted by Crippen LogP contribution is -2.40. The van der Waals surface area contributed by atoms with Crippen molar-refractivity contribution >= 4 is 5.91 Å². The maximum atomic E-state index is 12.9. The Labute approximate surface area is 160 Å². The van der Waals surface area contributed by atoms with Crippen LogP contribution in [0, 0.1) is 12.8 Å². The molecule has 7 nitrogen and oxygen atoms in total. The molecule has 1 amide bonds.